The minimum Gasteiger partial charge on any atom is -0.434 e. The van der Waals surface area contributed by atoms with E-state index >= 15 is 0 Å². The molecule has 0 aromatic heterocycles. The van der Waals surface area contributed by atoms with E-state index in [2.05, 4.69) is 0 Å². The Kier molecular flexibility index (Phi) is 2.83. The van der Waals surface area contributed by atoms with Crippen LogP contribution in [0.4, 0.5) is 0 Å². The molecule has 3 nitrogen and oxygen atoms in total. The minimum atomic E-state index is -0.470. The summed E-state index contributed by atoms with van der Waals surface area (Å²) in [6.07, 6.45) is 5.40. The first-order valence-corrected chi connectivity index (χ1v) is 5.73. The molecule has 0 saturated carbocycles. The van der Waals surface area contributed by atoms with Gasteiger partial charge in [0.2, 0.25) is 0 Å². The van der Waals surface area contributed by atoms with Gasteiger partial charge in [0.25, 0.3) is 0 Å². The van der Waals surface area contributed by atoms with Gasteiger partial charge in [-0.25, -0.2) is 4.79 Å². The summed E-state index contributed by atoms with van der Waals surface area (Å²) in [6, 6.07) is 0. The Morgan fingerprint density at radius 2 is 2.21 bits per heavy atom. The van der Waals surface area contributed by atoms with Gasteiger partial charge in [0, 0.05) is 18.5 Å². The number of ether oxygens (including phenoxy) is 2. The Morgan fingerprint density at radius 1 is 1.50 bits per heavy atom. The van der Waals surface area contributed by atoms with Crippen LogP contribution in [0.2, 0.25) is 0 Å². The first kappa shape index (κ1) is 10.1. The number of cyclic esters (lactones) is 1. The summed E-state index contributed by atoms with van der Waals surface area (Å²) in [4.78, 5) is 11.4. The SMILES string of the molecule is CC1(SC2CCOCC2)C=COC1=O. The molecule has 1 fully saturated rings. The molecule has 0 radical (unpaired) electrons. The zero-order valence-corrected chi connectivity index (χ0v) is 9.01. The molecule has 0 amide bonds. The van der Waals surface area contributed by atoms with Crippen molar-refractivity contribution in [3.63, 3.8) is 0 Å². The number of hydrogen-bond donors (Lipinski definition) is 0. The molecule has 0 spiro atoms. The van der Waals surface area contributed by atoms with E-state index in [1.807, 2.05) is 13.0 Å². The molecule has 78 valence electrons. The summed E-state index contributed by atoms with van der Waals surface area (Å²) >= 11 is 1.70. The highest BCUT2D eigenvalue weighted by Crippen LogP contribution is 2.38. The minimum absolute atomic E-state index is 0.144. The van der Waals surface area contributed by atoms with Crippen LogP contribution in [0.3, 0.4) is 0 Å². The highest BCUT2D eigenvalue weighted by atomic mass is 32.2. The van der Waals surface area contributed by atoms with Crippen LogP contribution in [0, 0.1) is 0 Å². The molecule has 0 N–H and O–H groups in total. The molecule has 2 heterocycles. The van der Waals surface area contributed by atoms with E-state index in [0.29, 0.717) is 5.25 Å². The zero-order valence-electron chi connectivity index (χ0n) is 8.19. The van der Waals surface area contributed by atoms with Crippen LogP contribution in [-0.2, 0) is 14.3 Å². The van der Waals surface area contributed by atoms with Gasteiger partial charge in [-0.05, 0) is 25.8 Å². The van der Waals surface area contributed by atoms with Crippen molar-refractivity contribution in [3.8, 4) is 0 Å². The predicted octanol–water partition coefficient (Wildman–Crippen LogP) is 1.73. The molecule has 14 heavy (non-hydrogen) atoms. The summed E-state index contributed by atoms with van der Waals surface area (Å²) < 4.78 is 9.64. The molecule has 1 atom stereocenters. The van der Waals surface area contributed by atoms with Gasteiger partial charge in [0.05, 0.1) is 6.26 Å². The lowest BCUT2D eigenvalue weighted by atomic mass is 10.2. The molecule has 0 bridgehead atoms. The topological polar surface area (TPSA) is 35.5 Å². The normalized spacial score (nSPS) is 33.4. The lowest BCUT2D eigenvalue weighted by Crippen LogP contribution is -2.31. The third-order valence-electron chi connectivity index (χ3n) is 2.55. The summed E-state index contributed by atoms with van der Waals surface area (Å²) in [7, 11) is 0. The fraction of sp³-hybridized carbons (Fsp3) is 0.700. The fourth-order valence-electron chi connectivity index (χ4n) is 1.64. The number of rotatable bonds is 2. The van der Waals surface area contributed by atoms with Crippen LogP contribution in [0.5, 0.6) is 0 Å². The average molecular weight is 214 g/mol. The van der Waals surface area contributed by atoms with Gasteiger partial charge in [0.15, 0.2) is 0 Å². The van der Waals surface area contributed by atoms with E-state index in [-0.39, 0.29) is 5.97 Å². The van der Waals surface area contributed by atoms with Crippen molar-refractivity contribution in [2.24, 2.45) is 0 Å². The van der Waals surface area contributed by atoms with Crippen LogP contribution in [0.25, 0.3) is 0 Å². The number of esters is 1. The Bertz CT molecular complexity index is 258. The van der Waals surface area contributed by atoms with Gasteiger partial charge in [-0.1, -0.05) is 0 Å². The van der Waals surface area contributed by atoms with Crippen LogP contribution in [0.1, 0.15) is 19.8 Å². The Balaban J connectivity index is 1.95. The smallest absolute Gasteiger partial charge is 0.330 e. The third-order valence-corrected chi connectivity index (χ3v) is 4.14. The van der Waals surface area contributed by atoms with Gasteiger partial charge in [-0.15, -0.1) is 11.8 Å². The molecule has 4 heteroatoms. The molecular formula is C10H14O3S. The van der Waals surface area contributed by atoms with Crippen LogP contribution in [-0.4, -0.2) is 29.2 Å². The second-order valence-electron chi connectivity index (χ2n) is 3.74. The van der Waals surface area contributed by atoms with E-state index in [4.69, 9.17) is 9.47 Å². The number of carbonyl (C=O) groups excluding carboxylic acids is 1. The van der Waals surface area contributed by atoms with E-state index < -0.39 is 4.75 Å². The van der Waals surface area contributed by atoms with Crippen molar-refractivity contribution in [1.29, 1.82) is 0 Å². The van der Waals surface area contributed by atoms with Crippen molar-refractivity contribution in [1.82, 2.24) is 0 Å². The van der Waals surface area contributed by atoms with Crippen molar-refractivity contribution in [2.75, 3.05) is 13.2 Å². The first-order valence-electron chi connectivity index (χ1n) is 4.85. The standard InChI is InChI=1S/C10H14O3S/c1-10(4-7-13-9(10)11)14-8-2-5-12-6-3-8/h4,7-8H,2-3,5-6H2,1H3. The molecule has 2 aliphatic rings. The summed E-state index contributed by atoms with van der Waals surface area (Å²) in [5.74, 6) is -0.144. The van der Waals surface area contributed by atoms with Crippen molar-refractivity contribution < 1.29 is 14.3 Å². The molecule has 1 saturated heterocycles. The van der Waals surface area contributed by atoms with E-state index in [1.54, 1.807) is 11.8 Å². The Hall–Kier alpha value is -0.480. The second kappa shape index (κ2) is 3.95. The van der Waals surface area contributed by atoms with Gasteiger partial charge in [0.1, 0.15) is 4.75 Å². The van der Waals surface area contributed by atoms with Crippen LogP contribution >= 0.6 is 11.8 Å². The van der Waals surface area contributed by atoms with E-state index in [0.717, 1.165) is 26.1 Å². The monoisotopic (exact) mass is 214 g/mol. The predicted molar refractivity (Wildman–Crippen MR) is 55.1 cm³/mol. The van der Waals surface area contributed by atoms with Gasteiger partial charge >= 0.3 is 5.97 Å². The highest BCUT2D eigenvalue weighted by Gasteiger charge is 2.39. The summed E-state index contributed by atoms with van der Waals surface area (Å²) in [5, 5.41) is 0.518. The molecule has 2 rings (SSSR count). The summed E-state index contributed by atoms with van der Waals surface area (Å²) in [6.45, 7) is 3.54. The van der Waals surface area contributed by atoms with Gasteiger partial charge in [-0.2, -0.15) is 0 Å². The fourth-order valence-corrected chi connectivity index (χ4v) is 3.04. The zero-order chi connectivity index (χ0) is 10.0. The van der Waals surface area contributed by atoms with Crippen molar-refractivity contribution >= 4 is 17.7 Å². The first-order chi connectivity index (χ1) is 6.71. The number of thioether (sulfide) groups is 1. The van der Waals surface area contributed by atoms with Crippen LogP contribution in [0.15, 0.2) is 12.3 Å². The maximum Gasteiger partial charge on any atom is 0.330 e. The lowest BCUT2D eigenvalue weighted by molar-refractivity contribution is -0.137. The molecule has 1 unspecified atom stereocenters. The second-order valence-corrected chi connectivity index (χ2v) is 5.50. The molecule has 0 aromatic carbocycles. The third kappa shape index (κ3) is 1.96. The Morgan fingerprint density at radius 3 is 2.79 bits per heavy atom. The average Bonchev–Trinajstić information content (AvgIpc) is 2.48. The molecular weight excluding hydrogens is 200 g/mol. The van der Waals surface area contributed by atoms with Gasteiger partial charge in [-0.3, -0.25) is 0 Å². The van der Waals surface area contributed by atoms with E-state index in [1.165, 1.54) is 6.26 Å². The van der Waals surface area contributed by atoms with Gasteiger partial charge < -0.3 is 9.47 Å². The van der Waals surface area contributed by atoms with E-state index in [9.17, 15) is 4.79 Å². The van der Waals surface area contributed by atoms with Crippen LogP contribution < -0.4 is 0 Å². The quantitative estimate of drug-likeness (QED) is 0.656. The maximum absolute atomic E-state index is 11.4. The molecule has 0 aromatic rings. The largest absolute Gasteiger partial charge is 0.434 e. The highest BCUT2D eigenvalue weighted by molar-refractivity contribution is 8.02. The van der Waals surface area contributed by atoms with Crippen molar-refractivity contribution in [2.45, 2.75) is 29.8 Å². The Labute approximate surface area is 87.8 Å². The number of hydrogen-bond acceptors (Lipinski definition) is 4. The summed E-state index contributed by atoms with van der Waals surface area (Å²) in [5.41, 5.74) is 0. The molecule has 0 aliphatic carbocycles. The number of carbonyl (C=O) groups is 1. The molecule has 2 aliphatic heterocycles. The van der Waals surface area contributed by atoms with Crippen molar-refractivity contribution in [3.05, 3.63) is 12.3 Å². The lowest BCUT2D eigenvalue weighted by Gasteiger charge is -2.27. The maximum atomic E-state index is 11.4.